The average Bonchev–Trinajstić information content (AvgIpc) is 1.66. The third-order valence-corrected chi connectivity index (χ3v) is 0.536. The predicted molar refractivity (Wildman–Crippen MR) is 25.9 cm³/mol. The van der Waals surface area contributed by atoms with Crippen molar-refractivity contribution in [3.05, 3.63) is 0 Å². The Morgan fingerprint density at radius 3 is 2.56 bits per heavy atom. The van der Waals surface area contributed by atoms with Gasteiger partial charge in [0.05, 0.1) is 6.42 Å². The minimum absolute atomic E-state index is 0. The molecule has 2 N–H and O–H groups in total. The van der Waals surface area contributed by atoms with Gasteiger partial charge in [0.15, 0.2) is 0 Å². The molecule has 0 aliphatic rings. The fraction of sp³-hybridized carbons (Fsp3) is 0.500. The summed E-state index contributed by atoms with van der Waals surface area (Å²) in [5, 5.41) is 10.1. The molecule has 4 nitrogen and oxygen atoms in total. The van der Waals surface area contributed by atoms with Crippen LogP contribution in [0.1, 0.15) is 6.42 Å². The number of hydrogen-bond donors (Lipinski definition) is 2. The van der Waals surface area contributed by atoms with Gasteiger partial charge in [-0.15, -0.1) is 0 Å². The van der Waals surface area contributed by atoms with Crippen molar-refractivity contribution in [2.24, 2.45) is 0 Å². The number of rotatable bonds is 4. The summed E-state index contributed by atoms with van der Waals surface area (Å²) in [5.41, 5.74) is 0. The van der Waals surface area contributed by atoms with Crippen LogP contribution in [0, 0.1) is 0 Å². The number of nitrogens with one attached hydrogen (secondary N) is 1. The third-order valence-electron chi connectivity index (χ3n) is 0.536. The molecule has 9 heavy (non-hydrogen) atoms. The van der Waals surface area contributed by atoms with Crippen LogP contribution in [0.5, 0.6) is 0 Å². The van der Waals surface area contributed by atoms with Gasteiger partial charge in [-0.2, -0.15) is 6.41 Å². The summed E-state index contributed by atoms with van der Waals surface area (Å²) in [6, 6.07) is 0. The Balaban J connectivity index is 0. The van der Waals surface area contributed by atoms with Gasteiger partial charge in [0.2, 0.25) is 0 Å². The Morgan fingerprint density at radius 2 is 2.22 bits per heavy atom. The van der Waals surface area contributed by atoms with E-state index in [1.54, 1.807) is 0 Å². The van der Waals surface area contributed by atoms with E-state index in [0.29, 0.717) is 0 Å². The van der Waals surface area contributed by atoms with Gasteiger partial charge in [0.25, 0.3) is 0 Å². The van der Waals surface area contributed by atoms with Crippen molar-refractivity contribution in [1.82, 2.24) is 5.32 Å². The maximum atomic E-state index is 9.70. The fourth-order valence-electron chi connectivity index (χ4n) is 0.220. The quantitative estimate of drug-likeness (QED) is 0.189. The minimum Gasteiger partial charge on any atom is -0.529 e. The summed E-state index contributed by atoms with van der Waals surface area (Å²) < 4.78 is 0. The Bertz CT molecular complexity index is 95.8. The summed E-state index contributed by atoms with van der Waals surface area (Å²) >= 11 is 0. The van der Waals surface area contributed by atoms with Gasteiger partial charge in [0.1, 0.15) is 0 Å². The van der Waals surface area contributed by atoms with Crippen molar-refractivity contribution >= 4 is 12.4 Å². The number of hydrogen-bond acceptors (Lipinski definition) is 2. The standard InChI is InChI=1S/C4H6NO3.K/c6-3-5-2-1-4(7)8;/h1-2H2,(H,5,6)(H,7,8);/q-1;+1. The van der Waals surface area contributed by atoms with E-state index in [1.807, 2.05) is 0 Å². The first-order valence-electron chi connectivity index (χ1n) is 2.09. The molecule has 1 amide bonds. The number of carboxylic acids is 1. The topological polar surface area (TPSA) is 66.4 Å². The molecule has 0 rings (SSSR count). The molecule has 0 aromatic heterocycles. The van der Waals surface area contributed by atoms with Crippen LogP contribution in [-0.2, 0) is 9.59 Å². The van der Waals surface area contributed by atoms with Crippen LogP contribution in [0.2, 0.25) is 0 Å². The van der Waals surface area contributed by atoms with Crippen molar-refractivity contribution in [3.8, 4) is 0 Å². The number of carbonyl (C=O) groups is 1. The first-order chi connectivity index (χ1) is 3.77. The molecule has 0 fully saturated rings. The van der Waals surface area contributed by atoms with Crippen LogP contribution < -0.4 is 56.7 Å². The average molecular weight is 155 g/mol. The van der Waals surface area contributed by atoms with E-state index < -0.39 is 5.97 Å². The second kappa shape index (κ2) is 8.58. The van der Waals surface area contributed by atoms with Crippen LogP contribution in [0.4, 0.5) is 0 Å². The summed E-state index contributed by atoms with van der Waals surface area (Å²) in [6.07, 6.45) is 1.31. The first-order valence-corrected chi connectivity index (χ1v) is 2.09. The molecule has 0 aliphatic carbocycles. The van der Waals surface area contributed by atoms with Crippen LogP contribution in [0.15, 0.2) is 0 Å². The minimum atomic E-state index is -0.923. The number of carboxylic acid groups (broad SMARTS) is 1. The van der Waals surface area contributed by atoms with Crippen LogP contribution >= 0.6 is 0 Å². The molecule has 46 valence electrons. The molecule has 0 spiro atoms. The molecule has 0 aromatic rings. The van der Waals surface area contributed by atoms with E-state index in [-0.39, 0.29) is 64.4 Å². The smallest absolute Gasteiger partial charge is 0.529 e. The maximum Gasteiger partial charge on any atom is 1.00 e. The van der Waals surface area contributed by atoms with Gasteiger partial charge in [0, 0.05) is 0 Å². The third kappa shape index (κ3) is 11.9. The Morgan fingerprint density at radius 1 is 1.67 bits per heavy atom. The summed E-state index contributed by atoms with van der Waals surface area (Å²) in [5.74, 6) is -0.923. The first kappa shape index (κ1) is 12.3. The van der Waals surface area contributed by atoms with E-state index in [2.05, 4.69) is 5.32 Å². The van der Waals surface area contributed by atoms with Gasteiger partial charge < -0.3 is 15.2 Å². The summed E-state index contributed by atoms with van der Waals surface area (Å²) in [4.78, 5) is 19.1. The molecule has 0 heterocycles. The molecule has 5 heteroatoms. The fourth-order valence-corrected chi connectivity index (χ4v) is 0.220. The summed E-state index contributed by atoms with van der Waals surface area (Å²) in [7, 11) is 0. The molecule has 0 saturated heterocycles. The Hall–Kier alpha value is 0.576. The summed E-state index contributed by atoms with van der Waals surface area (Å²) in [6.45, 7) is 0.152. The zero-order valence-corrected chi connectivity index (χ0v) is 8.30. The molecule has 0 aliphatic heterocycles. The molecular weight excluding hydrogens is 149 g/mol. The van der Waals surface area contributed by atoms with E-state index in [9.17, 15) is 9.59 Å². The SMILES string of the molecule is O=[C-]NCCC(=O)O.[K+]. The zero-order valence-electron chi connectivity index (χ0n) is 5.18. The van der Waals surface area contributed by atoms with Crippen molar-refractivity contribution in [1.29, 1.82) is 0 Å². The number of aliphatic carboxylic acids is 1. The van der Waals surface area contributed by atoms with Crippen molar-refractivity contribution in [2.45, 2.75) is 6.42 Å². The van der Waals surface area contributed by atoms with E-state index in [0.717, 1.165) is 0 Å². The van der Waals surface area contributed by atoms with E-state index in [1.165, 1.54) is 6.41 Å². The number of carbonyl (C=O) groups excluding carboxylic acids is 1. The molecule has 0 unspecified atom stereocenters. The van der Waals surface area contributed by atoms with Crippen LogP contribution in [0.3, 0.4) is 0 Å². The predicted octanol–water partition coefficient (Wildman–Crippen LogP) is -3.88. The molecule has 0 atom stereocenters. The Kier molecular flexibility index (Phi) is 11.7. The molecule has 0 bridgehead atoms. The number of amides is 1. The molecular formula is C4H6KNO3. The van der Waals surface area contributed by atoms with Gasteiger partial charge in [-0.1, -0.05) is 0 Å². The van der Waals surface area contributed by atoms with Gasteiger partial charge in [-0.05, 0) is 6.54 Å². The Labute approximate surface area is 95.4 Å². The second-order valence-corrected chi connectivity index (χ2v) is 1.17. The van der Waals surface area contributed by atoms with Crippen LogP contribution in [0.25, 0.3) is 0 Å². The maximum absolute atomic E-state index is 9.70. The largest absolute Gasteiger partial charge is 1.00 e. The zero-order chi connectivity index (χ0) is 6.41. The van der Waals surface area contributed by atoms with Crippen molar-refractivity contribution in [2.75, 3.05) is 6.54 Å². The van der Waals surface area contributed by atoms with Gasteiger partial charge >= 0.3 is 57.4 Å². The van der Waals surface area contributed by atoms with Gasteiger partial charge in [-0.25, -0.2) is 0 Å². The monoisotopic (exact) mass is 155 g/mol. The normalized spacial score (nSPS) is 7.11. The second-order valence-electron chi connectivity index (χ2n) is 1.17. The molecule has 0 saturated carbocycles. The molecule has 0 aromatic carbocycles. The van der Waals surface area contributed by atoms with Crippen molar-refractivity contribution in [3.63, 3.8) is 0 Å². The van der Waals surface area contributed by atoms with Crippen molar-refractivity contribution < 1.29 is 66.1 Å². The van der Waals surface area contributed by atoms with E-state index in [4.69, 9.17) is 5.11 Å². The van der Waals surface area contributed by atoms with Crippen LogP contribution in [-0.4, -0.2) is 24.0 Å². The van der Waals surface area contributed by atoms with E-state index >= 15 is 0 Å². The molecule has 0 radical (unpaired) electrons. The van der Waals surface area contributed by atoms with Gasteiger partial charge in [-0.3, -0.25) is 4.79 Å².